The predicted molar refractivity (Wildman–Crippen MR) is 115 cm³/mol. The van der Waals surface area contributed by atoms with Gasteiger partial charge < -0.3 is 9.47 Å². The zero-order chi connectivity index (χ0) is 22.7. The zero-order valence-corrected chi connectivity index (χ0v) is 18.3. The molecule has 0 bridgehead atoms. The van der Waals surface area contributed by atoms with Crippen LogP contribution in [0.1, 0.15) is 16.6 Å². The van der Waals surface area contributed by atoms with E-state index in [1.165, 1.54) is 41.7 Å². The Morgan fingerprint density at radius 1 is 1.38 bits per heavy atom. The number of hydrogen-bond acceptors (Lipinski definition) is 8. The molecule has 12 nitrogen and oxygen atoms in total. The second-order valence-corrected chi connectivity index (χ2v) is 7.39. The van der Waals surface area contributed by atoms with Crippen molar-refractivity contribution >= 4 is 28.6 Å². The number of esters is 1. The maximum absolute atomic E-state index is 15.6. The highest BCUT2D eigenvalue weighted by molar-refractivity contribution is 14.1. The highest BCUT2D eigenvalue weighted by Gasteiger charge is 2.58. The average Bonchev–Trinajstić information content (AvgIpc) is 3.43. The van der Waals surface area contributed by atoms with E-state index in [0.717, 1.165) is 4.57 Å². The molecule has 4 atom stereocenters. The van der Waals surface area contributed by atoms with Crippen LogP contribution in [0.4, 0.5) is 4.39 Å². The second-order valence-electron chi connectivity index (χ2n) is 6.63. The van der Waals surface area contributed by atoms with Gasteiger partial charge in [-0.3, -0.25) is 4.57 Å². The first-order valence-corrected chi connectivity index (χ1v) is 10.7. The minimum atomic E-state index is -2.03. The molecule has 1 fully saturated rings. The number of halogens is 2. The van der Waals surface area contributed by atoms with Gasteiger partial charge in [-0.05, 0) is 23.7 Å². The molecule has 0 radical (unpaired) electrons. The van der Waals surface area contributed by atoms with Crippen molar-refractivity contribution in [2.75, 3.05) is 4.43 Å². The highest BCUT2D eigenvalue weighted by atomic mass is 127. The van der Waals surface area contributed by atoms with E-state index in [1.54, 1.807) is 18.2 Å². The molecule has 0 amide bonds. The van der Waals surface area contributed by atoms with Gasteiger partial charge in [-0.25, -0.2) is 23.6 Å². The Bertz CT molecular complexity index is 1220. The predicted octanol–water partition coefficient (Wildman–Crippen LogP) is 2.36. The lowest BCUT2D eigenvalue weighted by Crippen LogP contribution is -2.44. The van der Waals surface area contributed by atoms with Crippen molar-refractivity contribution in [2.24, 2.45) is 5.11 Å². The normalized spacial score (nSPS) is 24.6. The molecular weight excluding hydrogens is 538 g/mol. The number of benzene rings is 1. The Hall–Kier alpha value is -3.36. The SMILES string of the molecule is [N-]=[N+]=N[C@]1(CI)O[C@@H](n2ccc(-n3cncn3)nc2=O)[C@@H](F)[C@@H]1OC(=O)c1ccccc1. The van der Waals surface area contributed by atoms with Crippen LogP contribution in [0.2, 0.25) is 0 Å². The van der Waals surface area contributed by atoms with Crippen LogP contribution in [0.5, 0.6) is 0 Å². The quantitative estimate of drug-likeness (QED) is 0.114. The minimum absolute atomic E-state index is 0.0440. The van der Waals surface area contributed by atoms with E-state index < -0.39 is 35.9 Å². The van der Waals surface area contributed by atoms with Gasteiger partial charge in [0.25, 0.3) is 0 Å². The third-order valence-electron chi connectivity index (χ3n) is 4.72. The number of carbonyl (C=O) groups excluding carboxylic acids is 1. The average molecular weight is 552 g/mol. The van der Waals surface area contributed by atoms with Gasteiger partial charge in [-0.2, -0.15) is 10.1 Å². The molecule has 32 heavy (non-hydrogen) atoms. The largest absolute Gasteiger partial charge is 0.452 e. The first-order chi connectivity index (χ1) is 15.5. The molecule has 1 aliphatic heterocycles. The first kappa shape index (κ1) is 21.9. The molecule has 14 heteroatoms. The number of nitrogens with zero attached hydrogens (tertiary/aromatic N) is 8. The summed E-state index contributed by atoms with van der Waals surface area (Å²) in [5.74, 6) is -0.656. The Labute approximate surface area is 192 Å². The van der Waals surface area contributed by atoms with E-state index in [9.17, 15) is 9.59 Å². The van der Waals surface area contributed by atoms with Crippen LogP contribution in [-0.2, 0) is 9.47 Å². The van der Waals surface area contributed by atoms with Crippen LogP contribution in [0.15, 0.2) is 65.2 Å². The Morgan fingerprint density at radius 3 is 2.78 bits per heavy atom. The highest BCUT2D eigenvalue weighted by Crippen LogP contribution is 2.43. The number of carbonyl (C=O) groups is 1. The second kappa shape index (κ2) is 9.02. The number of rotatable bonds is 6. The summed E-state index contributed by atoms with van der Waals surface area (Å²) in [7, 11) is 0. The van der Waals surface area contributed by atoms with E-state index in [1.807, 2.05) is 22.6 Å². The van der Waals surface area contributed by atoms with Gasteiger partial charge >= 0.3 is 11.7 Å². The standard InChI is InChI=1S/C18H14FIN8O4/c19-13-14(31-16(29)11-4-2-1-3-5-11)18(8-20,25-26-21)32-15(13)27-7-6-12(24-17(27)30)28-10-22-9-23-28/h1-7,9-10,13-15H,8H2/t13-,14-,15+,18+/m0/s1. The lowest BCUT2D eigenvalue weighted by molar-refractivity contribution is -0.0871. The van der Waals surface area contributed by atoms with Crippen LogP contribution in [0.3, 0.4) is 0 Å². The van der Waals surface area contributed by atoms with Crippen molar-refractivity contribution in [3.8, 4) is 5.82 Å². The number of azide groups is 1. The van der Waals surface area contributed by atoms with Crippen molar-refractivity contribution < 1.29 is 18.7 Å². The van der Waals surface area contributed by atoms with Crippen molar-refractivity contribution in [1.82, 2.24) is 24.3 Å². The number of ether oxygens (including phenoxy) is 2. The summed E-state index contributed by atoms with van der Waals surface area (Å²) in [6, 6.07) is 9.37. The smallest absolute Gasteiger partial charge is 0.351 e. The third kappa shape index (κ3) is 3.94. The zero-order valence-electron chi connectivity index (χ0n) is 16.1. The molecule has 164 valence electrons. The van der Waals surface area contributed by atoms with E-state index in [2.05, 4.69) is 25.1 Å². The maximum Gasteiger partial charge on any atom is 0.351 e. The summed E-state index contributed by atoms with van der Waals surface area (Å²) in [5, 5.41) is 7.47. The van der Waals surface area contributed by atoms with Crippen LogP contribution >= 0.6 is 22.6 Å². The monoisotopic (exact) mass is 552 g/mol. The molecular formula is C18H14FIN8O4. The molecule has 0 aliphatic carbocycles. The van der Waals surface area contributed by atoms with Crippen LogP contribution in [-0.4, -0.2) is 52.7 Å². The van der Waals surface area contributed by atoms with E-state index >= 15 is 4.39 Å². The summed E-state index contributed by atoms with van der Waals surface area (Å²) in [6.45, 7) is 0. The summed E-state index contributed by atoms with van der Waals surface area (Å²) < 4.78 is 28.8. The molecule has 3 aromatic rings. The fourth-order valence-corrected chi connectivity index (χ4v) is 3.97. The minimum Gasteiger partial charge on any atom is -0.452 e. The Morgan fingerprint density at radius 2 is 2.16 bits per heavy atom. The summed E-state index contributed by atoms with van der Waals surface area (Å²) in [4.78, 5) is 35.5. The fourth-order valence-electron chi connectivity index (χ4n) is 3.21. The molecule has 4 rings (SSSR count). The van der Waals surface area contributed by atoms with Gasteiger partial charge in [0, 0.05) is 15.5 Å². The molecule has 2 aromatic heterocycles. The van der Waals surface area contributed by atoms with Gasteiger partial charge in [-0.1, -0.05) is 45.9 Å². The molecule has 0 spiro atoms. The molecule has 1 aliphatic rings. The molecule has 1 saturated heterocycles. The lowest BCUT2D eigenvalue weighted by atomic mass is 10.1. The maximum atomic E-state index is 15.6. The van der Waals surface area contributed by atoms with Gasteiger partial charge in [-0.15, -0.1) is 0 Å². The summed E-state index contributed by atoms with van der Waals surface area (Å²) >= 11 is 1.83. The van der Waals surface area contributed by atoms with Gasteiger partial charge in [0.05, 0.1) is 5.56 Å². The molecule has 1 aromatic carbocycles. The van der Waals surface area contributed by atoms with Crippen molar-refractivity contribution in [3.63, 3.8) is 0 Å². The van der Waals surface area contributed by atoms with Gasteiger partial charge in [0.1, 0.15) is 12.7 Å². The van der Waals surface area contributed by atoms with Gasteiger partial charge in [0.15, 0.2) is 30.0 Å². The van der Waals surface area contributed by atoms with Crippen LogP contribution in [0.25, 0.3) is 16.3 Å². The summed E-state index contributed by atoms with van der Waals surface area (Å²) in [6.07, 6.45) is -1.30. The number of aromatic nitrogens is 5. The van der Waals surface area contributed by atoms with Crippen molar-refractivity contribution in [2.45, 2.75) is 24.2 Å². The van der Waals surface area contributed by atoms with E-state index in [0.29, 0.717) is 0 Å². The third-order valence-corrected chi connectivity index (χ3v) is 5.82. The Balaban J connectivity index is 1.68. The van der Waals surface area contributed by atoms with Crippen LogP contribution < -0.4 is 5.69 Å². The first-order valence-electron chi connectivity index (χ1n) is 9.13. The summed E-state index contributed by atoms with van der Waals surface area (Å²) in [5.41, 5.74) is 6.52. The van der Waals surface area contributed by atoms with Gasteiger partial charge in [0.2, 0.25) is 0 Å². The van der Waals surface area contributed by atoms with Crippen LogP contribution in [0, 0.1) is 0 Å². The fraction of sp³-hybridized carbons (Fsp3) is 0.278. The molecule has 0 N–H and O–H groups in total. The lowest BCUT2D eigenvalue weighted by Gasteiger charge is -2.27. The number of hydrogen-bond donors (Lipinski definition) is 0. The van der Waals surface area contributed by atoms with Crippen molar-refractivity contribution in [3.05, 3.63) is 81.7 Å². The Kier molecular flexibility index (Phi) is 6.16. The molecule has 0 unspecified atom stereocenters. The van der Waals surface area contributed by atoms with E-state index in [-0.39, 0.29) is 15.8 Å². The molecule has 3 heterocycles. The van der Waals surface area contributed by atoms with Crippen molar-refractivity contribution in [1.29, 1.82) is 0 Å². The molecule has 0 saturated carbocycles. The topological polar surface area (TPSA) is 150 Å². The van der Waals surface area contributed by atoms with E-state index in [4.69, 9.17) is 15.0 Å². The number of alkyl halides is 2.